The molecule has 0 aliphatic carbocycles. The van der Waals surface area contributed by atoms with Crippen LogP contribution >= 0.6 is 23.2 Å². The first-order chi connectivity index (χ1) is 9.50. The average Bonchev–Trinajstić information content (AvgIpc) is 2.91. The average molecular weight is 318 g/mol. The first kappa shape index (κ1) is 15.7. The van der Waals surface area contributed by atoms with Crippen LogP contribution in [0.4, 0.5) is 4.39 Å². The second-order valence-corrected chi connectivity index (χ2v) is 6.18. The Hall–Kier alpha value is -0.640. The maximum atomic E-state index is 13.7. The highest BCUT2D eigenvalue weighted by Gasteiger charge is 2.41. The van der Waals surface area contributed by atoms with Crippen LogP contribution in [0.25, 0.3) is 0 Å². The van der Waals surface area contributed by atoms with E-state index >= 15 is 0 Å². The molecule has 1 unspecified atom stereocenters. The summed E-state index contributed by atoms with van der Waals surface area (Å²) in [4.78, 5) is 12.8. The number of nitrogens with one attached hydrogen (secondary N) is 1. The van der Waals surface area contributed by atoms with E-state index in [1.165, 1.54) is 12.1 Å². The van der Waals surface area contributed by atoms with Crippen LogP contribution in [0.2, 0.25) is 10.0 Å². The summed E-state index contributed by atoms with van der Waals surface area (Å²) >= 11 is 11.6. The van der Waals surface area contributed by atoms with Crippen LogP contribution in [0.15, 0.2) is 12.1 Å². The molecule has 0 bridgehead atoms. The third kappa shape index (κ3) is 3.00. The molecule has 0 spiro atoms. The van der Waals surface area contributed by atoms with Gasteiger partial charge in [-0.3, -0.25) is 4.79 Å². The van der Waals surface area contributed by atoms with E-state index in [4.69, 9.17) is 23.2 Å². The van der Waals surface area contributed by atoms with Gasteiger partial charge in [-0.15, -0.1) is 0 Å². The van der Waals surface area contributed by atoms with Gasteiger partial charge >= 0.3 is 0 Å². The molecule has 0 radical (unpaired) electrons. The zero-order valence-electron chi connectivity index (χ0n) is 11.4. The summed E-state index contributed by atoms with van der Waals surface area (Å²) in [6.07, 6.45) is 3.62. The summed E-state index contributed by atoms with van der Waals surface area (Å²) in [6, 6.07) is 2.67. The fraction of sp³-hybridized carbons (Fsp3) is 0.533. The molecule has 110 valence electrons. The Bertz CT molecular complexity index is 490. The fourth-order valence-electron chi connectivity index (χ4n) is 2.77. The van der Waals surface area contributed by atoms with Gasteiger partial charge in [0.2, 0.25) is 0 Å². The van der Waals surface area contributed by atoms with Crippen molar-refractivity contribution >= 4 is 29.0 Å². The SMILES string of the molecule is CCCCC1(C(=O)c2cc(F)c(Cl)c(Cl)c2)CCNC1. The Labute approximate surface area is 128 Å². The Morgan fingerprint density at radius 2 is 2.20 bits per heavy atom. The molecule has 2 rings (SSSR count). The molecule has 0 aromatic heterocycles. The molecule has 1 N–H and O–H groups in total. The predicted octanol–water partition coefficient (Wildman–Crippen LogP) is 4.49. The highest BCUT2D eigenvalue weighted by atomic mass is 35.5. The number of unbranched alkanes of at least 4 members (excludes halogenated alkanes) is 1. The Morgan fingerprint density at radius 3 is 2.75 bits per heavy atom. The molecule has 1 aromatic carbocycles. The predicted molar refractivity (Wildman–Crippen MR) is 80.2 cm³/mol. The second kappa shape index (κ2) is 6.42. The quantitative estimate of drug-likeness (QED) is 0.640. The monoisotopic (exact) mass is 317 g/mol. The molecule has 20 heavy (non-hydrogen) atoms. The molecule has 1 aliphatic heterocycles. The van der Waals surface area contributed by atoms with Gasteiger partial charge in [0, 0.05) is 17.5 Å². The van der Waals surface area contributed by atoms with Crippen LogP contribution < -0.4 is 5.32 Å². The molecule has 5 heteroatoms. The van der Waals surface area contributed by atoms with E-state index in [9.17, 15) is 9.18 Å². The molecule has 1 aromatic rings. The number of benzene rings is 1. The maximum absolute atomic E-state index is 13.7. The Kier molecular flexibility index (Phi) is 5.05. The Morgan fingerprint density at radius 1 is 1.45 bits per heavy atom. The van der Waals surface area contributed by atoms with Gasteiger partial charge in [-0.1, -0.05) is 43.0 Å². The van der Waals surface area contributed by atoms with E-state index in [1.54, 1.807) is 0 Å². The number of hydrogen-bond acceptors (Lipinski definition) is 2. The lowest BCUT2D eigenvalue weighted by Crippen LogP contribution is -2.33. The molecule has 1 saturated heterocycles. The first-order valence-electron chi connectivity index (χ1n) is 6.90. The Balaban J connectivity index is 2.32. The highest BCUT2D eigenvalue weighted by molar-refractivity contribution is 6.42. The van der Waals surface area contributed by atoms with Gasteiger partial charge in [0.15, 0.2) is 5.78 Å². The summed E-state index contributed by atoms with van der Waals surface area (Å²) in [7, 11) is 0. The lowest BCUT2D eigenvalue weighted by atomic mass is 9.75. The van der Waals surface area contributed by atoms with Gasteiger partial charge < -0.3 is 5.32 Å². The summed E-state index contributed by atoms with van der Waals surface area (Å²) in [5, 5.41) is 3.20. The fourth-order valence-corrected chi connectivity index (χ4v) is 3.09. The summed E-state index contributed by atoms with van der Waals surface area (Å²) in [5.74, 6) is -0.674. The van der Waals surface area contributed by atoms with Gasteiger partial charge in [-0.2, -0.15) is 0 Å². The third-order valence-electron chi connectivity index (χ3n) is 3.98. The summed E-state index contributed by atoms with van der Waals surface area (Å²) in [6.45, 7) is 3.56. The van der Waals surface area contributed by atoms with Crippen molar-refractivity contribution in [3.8, 4) is 0 Å². The number of ketones is 1. The van der Waals surface area contributed by atoms with Crippen molar-refractivity contribution in [3.05, 3.63) is 33.6 Å². The minimum atomic E-state index is -0.640. The van der Waals surface area contributed by atoms with Crippen molar-refractivity contribution in [1.29, 1.82) is 0 Å². The summed E-state index contributed by atoms with van der Waals surface area (Å²) in [5.41, 5.74) is -0.115. The van der Waals surface area contributed by atoms with E-state index in [2.05, 4.69) is 12.2 Å². The molecule has 0 saturated carbocycles. The van der Waals surface area contributed by atoms with Gasteiger partial charge in [-0.05, 0) is 31.5 Å². The van der Waals surface area contributed by atoms with Crippen LogP contribution in [0, 0.1) is 11.2 Å². The first-order valence-corrected chi connectivity index (χ1v) is 7.66. The van der Waals surface area contributed by atoms with E-state index in [0.29, 0.717) is 12.1 Å². The van der Waals surface area contributed by atoms with Gasteiger partial charge in [0.25, 0.3) is 0 Å². The van der Waals surface area contributed by atoms with Crippen molar-refractivity contribution in [2.45, 2.75) is 32.6 Å². The molecular formula is C15H18Cl2FNO. The molecule has 1 atom stereocenters. The van der Waals surface area contributed by atoms with Gasteiger partial charge in [-0.25, -0.2) is 4.39 Å². The van der Waals surface area contributed by atoms with E-state index in [1.807, 2.05) is 0 Å². The van der Waals surface area contributed by atoms with Crippen LogP contribution in [0.3, 0.4) is 0 Å². The number of Topliss-reactive ketones (excluding diaryl/α,β-unsaturated/α-hetero) is 1. The minimum absolute atomic E-state index is 0.0339. The molecule has 1 fully saturated rings. The molecule has 0 amide bonds. The topological polar surface area (TPSA) is 29.1 Å². The standard InChI is InChI=1S/C15H18Cl2FNO/c1-2-3-4-15(5-6-19-9-15)14(20)10-7-11(16)13(17)12(18)8-10/h7-8,19H,2-6,9H2,1H3. The van der Waals surface area contributed by atoms with Crippen molar-refractivity contribution in [2.24, 2.45) is 5.41 Å². The summed E-state index contributed by atoms with van der Waals surface area (Å²) < 4.78 is 13.7. The van der Waals surface area contributed by atoms with Crippen molar-refractivity contribution in [2.75, 3.05) is 13.1 Å². The molecule has 2 nitrogen and oxygen atoms in total. The third-order valence-corrected chi connectivity index (χ3v) is 4.76. The largest absolute Gasteiger partial charge is 0.316 e. The smallest absolute Gasteiger partial charge is 0.170 e. The molecular weight excluding hydrogens is 300 g/mol. The number of hydrogen-bond donors (Lipinski definition) is 1. The van der Waals surface area contributed by atoms with E-state index in [0.717, 1.165) is 32.2 Å². The highest BCUT2D eigenvalue weighted by Crippen LogP contribution is 2.37. The van der Waals surface area contributed by atoms with Crippen LogP contribution in [0.1, 0.15) is 43.0 Å². The minimum Gasteiger partial charge on any atom is -0.316 e. The zero-order valence-corrected chi connectivity index (χ0v) is 13.0. The van der Waals surface area contributed by atoms with Crippen molar-refractivity contribution < 1.29 is 9.18 Å². The van der Waals surface area contributed by atoms with Crippen LogP contribution in [0.5, 0.6) is 0 Å². The van der Waals surface area contributed by atoms with Crippen LogP contribution in [-0.4, -0.2) is 18.9 Å². The molecule has 1 heterocycles. The number of rotatable bonds is 5. The van der Waals surface area contributed by atoms with Gasteiger partial charge in [0.1, 0.15) is 5.82 Å². The normalized spacial score (nSPS) is 22.2. The maximum Gasteiger partial charge on any atom is 0.170 e. The van der Waals surface area contributed by atoms with Crippen molar-refractivity contribution in [3.63, 3.8) is 0 Å². The van der Waals surface area contributed by atoms with Gasteiger partial charge in [0.05, 0.1) is 10.0 Å². The lowest BCUT2D eigenvalue weighted by Gasteiger charge is -2.26. The zero-order chi connectivity index (χ0) is 14.8. The number of halogens is 3. The lowest BCUT2D eigenvalue weighted by molar-refractivity contribution is 0.0799. The van der Waals surface area contributed by atoms with E-state index < -0.39 is 11.2 Å². The molecule has 1 aliphatic rings. The number of carbonyl (C=O) groups is 1. The number of carbonyl (C=O) groups excluding carboxylic acids is 1. The van der Waals surface area contributed by atoms with Crippen LogP contribution in [-0.2, 0) is 0 Å². The second-order valence-electron chi connectivity index (χ2n) is 5.39. The van der Waals surface area contributed by atoms with Crippen molar-refractivity contribution in [1.82, 2.24) is 5.32 Å². The van der Waals surface area contributed by atoms with E-state index in [-0.39, 0.29) is 15.8 Å².